The Labute approximate surface area is 158 Å². The minimum Gasteiger partial charge on any atom is -0.390 e. The zero-order valence-corrected chi connectivity index (χ0v) is 16.2. The molecule has 2 atom stereocenters. The number of likely N-dealkylation sites (N-methyl/N-ethyl adjacent to an activating group) is 1. The lowest BCUT2D eigenvalue weighted by atomic mass is 10.0. The second kappa shape index (κ2) is 9.66. The van der Waals surface area contributed by atoms with Gasteiger partial charge in [-0.1, -0.05) is 32.0 Å². The van der Waals surface area contributed by atoms with E-state index in [4.69, 9.17) is 0 Å². The van der Waals surface area contributed by atoms with E-state index in [1.807, 2.05) is 44.2 Å². The highest BCUT2D eigenvalue weighted by Crippen LogP contribution is 2.25. The van der Waals surface area contributed by atoms with Crippen molar-refractivity contribution in [1.82, 2.24) is 16.0 Å². The van der Waals surface area contributed by atoms with Gasteiger partial charge in [-0.15, -0.1) is 11.3 Å². The van der Waals surface area contributed by atoms with Crippen LogP contribution in [0, 0.1) is 5.92 Å². The Kier molecular flexibility index (Phi) is 7.56. The fraction of sp³-hybridized carbons (Fsp3) is 0.474. The van der Waals surface area contributed by atoms with E-state index in [0.29, 0.717) is 17.8 Å². The molecule has 1 aromatic heterocycles. The molecule has 0 aliphatic carbocycles. The molecular weight excluding hydrogens is 350 g/mol. The van der Waals surface area contributed by atoms with Crippen LogP contribution in [0.1, 0.15) is 29.9 Å². The first kappa shape index (κ1) is 20.4. The van der Waals surface area contributed by atoms with Crippen molar-refractivity contribution in [2.45, 2.75) is 32.4 Å². The molecule has 0 fully saturated rings. The summed E-state index contributed by atoms with van der Waals surface area (Å²) in [5.74, 6) is -0.276. The summed E-state index contributed by atoms with van der Waals surface area (Å²) in [5.41, 5.74) is 0. The van der Waals surface area contributed by atoms with Crippen molar-refractivity contribution in [3.05, 3.63) is 35.2 Å². The zero-order chi connectivity index (χ0) is 19.1. The third-order valence-corrected chi connectivity index (χ3v) is 5.04. The van der Waals surface area contributed by atoms with Crippen LogP contribution < -0.4 is 16.0 Å². The maximum atomic E-state index is 12.6. The lowest BCUT2D eigenvalue weighted by Crippen LogP contribution is -2.49. The van der Waals surface area contributed by atoms with Crippen molar-refractivity contribution in [3.63, 3.8) is 0 Å². The monoisotopic (exact) mass is 377 g/mol. The van der Waals surface area contributed by atoms with Gasteiger partial charge in [0, 0.05) is 17.8 Å². The largest absolute Gasteiger partial charge is 0.390 e. The van der Waals surface area contributed by atoms with Gasteiger partial charge in [-0.3, -0.25) is 9.59 Å². The lowest BCUT2D eigenvalue weighted by Gasteiger charge is -2.21. The molecule has 2 aromatic rings. The molecule has 4 N–H and O–H groups in total. The predicted molar refractivity (Wildman–Crippen MR) is 105 cm³/mol. The van der Waals surface area contributed by atoms with Crippen LogP contribution in [0.5, 0.6) is 0 Å². The Morgan fingerprint density at radius 1 is 1.19 bits per heavy atom. The molecule has 0 aliphatic heterocycles. The van der Waals surface area contributed by atoms with Crippen LogP contribution in [0.15, 0.2) is 30.3 Å². The van der Waals surface area contributed by atoms with E-state index in [0.717, 1.165) is 10.1 Å². The van der Waals surface area contributed by atoms with Crippen molar-refractivity contribution in [1.29, 1.82) is 0 Å². The van der Waals surface area contributed by atoms with Gasteiger partial charge in [-0.25, -0.2) is 0 Å². The molecule has 0 saturated heterocycles. The molecule has 1 aromatic carbocycles. The van der Waals surface area contributed by atoms with Gasteiger partial charge in [0.2, 0.25) is 5.91 Å². The molecule has 26 heavy (non-hydrogen) atoms. The van der Waals surface area contributed by atoms with Crippen molar-refractivity contribution in [3.8, 4) is 0 Å². The van der Waals surface area contributed by atoms with Gasteiger partial charge in [0.05, 0.1) is 11.0 Å². The molecule has 0 saturated carbocycles. The normalized spacial score (nSPS) is 13.6. The molecule has 2 amide bonds. The first-order valence-electron chi connectivity index (χ1n) is 8.80. The van der Waals surface area contributed by atoms with Gasteiger partial charge in [0.15, 0.2) is 0 Å². The minimum absolute atomic E-state index is 0.146. The average molecular weight is 378 g/mol. The highest BCUT2D eigenvalue weighted by molar-refractivity contribution is 7.20. The number of nitrogens with one attached hydrogen (secondary N) is 3. The molecule has 1 heterocycles. The summed E-state index contributed by atoms with van der Waals surface area (Å²) in [6.07, 6.45) is -0.133. The Balaban J connectivity index is 2.03. The maximum Gasteiger partial charge on any atom is 0.262 e. The molecule has 0 unspecified atom stereocenters. The minimum atomic E-state index is -0.665. The van der Waals surface area contributed by atoms with Gasteiger partial charge >= 0.3 is 0 Å². The number of carbonyl (C=O) groups excluding carboxylic acids is 2. The number of carbonyl (C=O) groups is 2. The van der Waals surface area contributed by atoms with Crippen LogP contribution in [0.4, 0.5) is 0 Å². The van der Waals surface area contributed by atoms with Crippen molar-refractivity contribution in [2.75, 3.05) is 20.1 Å². The zero-order valence-electron chi connectivity index (χ0n) is 15.4. The van der Waals surface area contributed by atoms with Crippen molar-refractivity contribution >= 4 is 33.2 Å². The lowest BCUT2D eigenvalue weighted by molar-refractivity contribution is -0.123. The number of amides is 2. The average Bonchev–Trinajstić information content (AvgIpc) is 3.03. The number of aliphatic hydroxyl groups is 1. The smallest absolute Gasteiger partial charge is 0.262 e. The molecule has 2 rings (SSSR count). The molecule has 0 radical (unpaired) electrons. The van der Waals surface area contributed by atoms with E-state index in [-0.39, 0.29) is 24.3 Å². The summed E-state index contributed by atoms with van der Waals surface area (Å²) in [5, 5.41) is 19.2. The van der Waals surface area contributed by atoms with Crippen LogP contribution in [0.2, 0.25) is 0 Å². The highest BCUT2D eigenvalue weighted by atomic mass is 32.1. The molecule has 142 valence electrons. The summed E-state index contributed by atoms with van der Waals surface area (Å²) < 4.78 is 1.04. The molecule has 7 heteroatoms. The predicted octanol–water partition coefficient (Wildman–Crippen LogP) is 1.74. The number of aliphatic hydroxyl groups excluding tert-OH is 1. The summed E-state index contributed by atoms with van der Waals surface area (Å²) in [6, 6.07) is 9.02. The number of benzene rings is 1. The number of rotatable bonds is 9. The van der Waals surface area contributed by atoms with Gasteiger partial charge in [-0.2, -0.15) is 0 Å². The fourth-order valence-corrected chi connectivity index (χ4v) is 3.64. The van der Waals surface area contributed by atoms with E-state index < -0.39 is 12.1 Å². The van der Waals surface area contributed by atoms with E-state index >= 15 is 0 Å². The Morgan fingerprint density at radius 2 is 1.92 bits per heavy atom. The standard InChI is InChI=1S/C19H27N3O3S/c1-12(2)8-15(18(24)21-11-14(23)10-20-3)22-19(25)17-9-13-6-4-5-7-16(13)26-17/h4-7,9,12,14-15,20,23H,8,10-11H2,1-3H3,(H,21,24)(H,22,25)/t14-,15-/m0/s1. The molecule has 0 spiro atoms. The number of fused-ring (bicyclic) bond motifs is 1. The summed E-state index contributed by atoms with van der Waals surface area (Å²) >= 11 is 1.41. The Morgan fingerprint density at radius 3 is 2.58 bits per heavy atom. The van der Waals surface area contributed by atoms with Crippen molar-refractivity contribution in [2.24, 2.45) is 5.92 Å². The van der Waals surface area contributed by atoms with Crippen LogP contribution in [-0.4, -0.2) is 49.2 Å². The topological polar surface area (TPSA) is 90.5 Å². The number of hydrogen-bond donors (Lipinski definition) is 4. The number of thiophene rings is 1. The fourth-order valence-electron chi connectivity index (χ4n) is 2.68. The molecule has 0 bridgehead atoms. The Hall–Kier alpha value is -1.96. The van der Waals surface area contributed by atoms with Crippen LogP contribution >= 0.6 is 11.3 Å². The van der Waals surface area contributed by atoms with Gasteiger partial charge in [0.1, 0.15) is 6.04 Å². The van der Waals surface area contributed by atoms with Gasteiger partial charge in [0.25, 0.3) is 5.91 Å². The molecular formula is C19H27N3O3S. The second-order valence-electron chi connectivity index (χ2n) is 6.76. The second-order valence-corrected chi connectivity index (χ2v) is 7.84. The van der Waals surface area contributed by atoms with E-state index in [1.54, 1.807) is 7.05 Å². The van der Waals surface area contributed by atoms with Crippen LogP contribution in [0.3, 0.4) is 0 Å². The van der Waals surface area contributed by atoms with Gasteiger partial charge < -0.3 is 21.1 Å². The third kappa shape index (κ3) is 5.79. The number of hydrogen-bond acceptors (Lipinski definition) is 5. The van der Waals surface area contributed by atoms with Crippen molar-refractivity contribution < 1.29 is 14.7 Å². The van der Waals surface area contributed by atoms with Crippen LogP contribution in [0.25, 0.3) is 10.1 Å². The highest BCUT2D eigenvalue weighted by Gasteiger charge is 2.23. The van der Waals surface area contributed by atoms with E-state index in [2.05, 4.69) is 16.0 Å². The van der Waals surface area contributed by atoms with Crippen LogP contribution in [-0.2, 0) is 4.79 Å². The molecule has 6 nitrogen and oxygen atoms in total. The van der Waals surface area contributed by atoms with E-state index in [9.17, 15) is 14.7 Å². The summed E-state index contributed by atoms with van der Waals surface area (Å²) in [7, 11) is 1.73. The first-order chi connectivity index (χ1) is 12.4. The quantitative estimate of drug-likeness (QED) is 0.536. The summed E-state index contributed by atoms with van der Waals surface area (Å²) in [4.78, 5) is 25.7. The maximum absolute atomic E-state index is 12.6. The first-order valence-corrected chi connectivity index (χ1v) is 9.62. The van der Waals surface area contributed by atoms with Gasteiger partial charge in [-0.05, 0) is 36.9 Å². The molecule has 0 aliphatic rings. The van der Waals surface area contributed by atoms with E-state index in [1.165, 1.54) is 11.3 Å². The SMILES string of the molecule is CNC[C@H](O)CNC(=O)[C@H](CC(C)C)NC(=O)c1cc2ccccc2s1. The summed E-state index contributed by atoms with van der Waals surface area (Å²) in [6.45, 7) is 4.54. The Bertz CT molecular complexity index is 711. The third-order valence-electron chi connectivity index (χ3n) is 3.93.